The highest BCUT2D eigenvalue weighted by molar-refractivity contribution is 5.77. The molecule has 0 saturated heterocycles. The Hall–Kier alpha value is -2.04. The molecular formula is C13H17NO4. The summed E-state index contributed by atoms with van der Waals surface area (Å²) in [5.74, 6) is -0.464. The van der Waals surface area contributed by atoms with Gasteiger partial charge in [-0.1, -0.05) is 6.08 Å². The molecule has 0 saturated carbocycles. The van der Waals surface area contributed by atoms with E-state index in [1.54, 1.807) is 18.2 Å². The van der Waals surface area contributed by atoms with Crippen LogP contribution in [0.4, 0.5) is 0 Å². The van der Waals surface area contributed by atoms with Gasteiger partial charge in [-0.05, 0) is 18.6 Å². The van der Waals surface area contributed by atoms with Crippen molar-refractivity contribution in [1.82, 2.24) is 5.32 Å². The van der Waals surface area contributed by atoms with Crippen molar-refractivity contribution in [3.63, 3.8) is 0 Å². The lowest BCUT2D eigenvalue weighted by Gasteiger charge is -2.15. The van der Waals surface area contributed by atoms with E-state index in [0.29, 0.717) is 25.0 Å². The number of furan rings is 1. The molecule has 18 heavy (non-hydrogen) atoms. The van der Waals surface area contributed by atoms with E-state index in [2.05, 4.69) is 11.9 Å². The summed E-state index contributed by atoms with van der Waals surface area (Å²) in [6, 6.07) is 3.03. The molecule has 0 aliphatic heterocycles. The highest BCUT2D eigenvalue weighted by atomic mass is 16.4. The molecule has 0 aromatic carbocycles. The zero-order chi connectivity index (χ0) is 13.4. The van der Waals surface area contributed by atoms with Gasteiger partial charge >= 0.3 is 5.97 Å². The summed E-state index contributed by atoms with van der Waals surface area (Å²) in [5.41, 5.74) is 0. The van der Waals surface area contributed by atoms with Crippen LogP contribution in [0, 0.1) is 0 Å². The molecule has 2 N–H and O–H groups in total. The number of aliphatic carboxylic acids is 1. The minimum Gasteiger partial charge on any atom is -0.481 e. The molecule has 5 nitrogen and oxygen atoms in total. The summed E-state index contributed by atoms with van der Waals surface area (Å²) in [6.45, 7) is 3.53. The average Bonchev–Trinajstić information content (AvgIpc) is 2.78. The zero-order valence-electron chi connectivity index (χ0n) is 10.1. The molecule has 1 heterocycles. The highest BCUT2D eigenvalue weighted by Gasteiger charge is 2.17. The molecule has 0 bridgehead atoms. The quantitative estimate of drug-likeness (QED) is 0.690. The maximum absolute atomic E-state index is 11.5. The summed E-state index contributed by atoms with van der Waals surface area (Å²) in [4.78, 5) is 22.3. The molecular weight excluding hydrogens is 234 g/mol. The van der Waals surface area contributed by atoms with Gasteiger partial charge in [0.1, 0.15) is 5.76 Å². The predicted octanol–water partition coefficient (Wildman–Crippen LogP) is 1.75. The Labute approximate surface area is 105 Å². The largest absolute Gasteiger partial charge is 0.481 e. The fourth-order valence-electron chi connectivity index (χ4n) is 1.59. The summed E-state index contributed by atoms with van der Waals surface area (Å²) < 4.78 is 5.15. The van der Waals surface area contributed by atoms with Crippen LogP contribution < -0.4 is 5.32 Å². The second-order valence-electron chi connectivity index (χ2n) is 3.97. The number of carbonyl (C=O) groups is 2. The minimum absolute atomic E-state index is 0.124. The number of allylic oxidation sites excluding steroid dienone is 1. The van der Waals surface area contributed by atoms with Gasteiger partial charge in [0.2, 0.25) is 5.91 Å². The van der Waals surface area contributed by atoms with Crippen molar-refractivity contribution in [2.24, 2.45) is 0 Å². The molecule has 1 aromatic heterocycles. The number of nitrogens with one attached hydrogen (secondary N) is 1. The molecule has 0 radical (unpaired) electrons. The predicted molar refractivity (Wildman–Crippen MR) is 66.0 cm³/mol. The second-order valence-corrected chi connectivity index (χ2v) is 3.97. The summed E-state index contributed by atoms with van der Waals surface area (Å²) in [7, 11) is 0. The molecule has 1 rings (SSSR count). The van der Waals surface area contributed by atoms with Gasteiger partial charge in [-0.3, -0.25) is 9.59 Å². The third kappa shape index (κ3) is 5.34. The van der Waals surface area contributed by atoms with Crippen molar-refractivity contribution in [1.29, 1.82) is 0 Å². The van der Waals surface area contributed by atoms with Gasteiger partial charge in [0.25, 0.3) is 0 Å². The Kier molecular flexibility index (Phi) is 5.70. The van der Waals surface area contributed by atoms with Gasteiger partial charge in [0.15, 0.2) is 0 Å². The van der Waals surface area contributed by atoms with Gasteiger partial charge in [-0.25, -0.2) is 0 Å². The first-order chi connectivity index (χ1) is 8.61. The van der Waals surface area contributed by atoms with Crippen LogP contribution in [-0.2, 0) is 16.0 Å². The average molecular weight is 251 g/mol. The zero-order valence-corrected chi connectivity index (χ0v) is 10.1. The van der Waals surface area contributed by atoms with Gasteiger partial charge in [-0.2, -0.15) is 0 Å². The number of rotatable bonds is 8. The van der Waals surface area contributed by atoms with E-state index in [1.807, 2.05) is 0 Å². The fourth-order valence-corrected chi connectivity index (χ4v) is 1.59. The smallest absolute Gasteiger partial charge is 0.305 e. The molecule has 98 valence electrons. The van der Waals surface area contributed by atoms with Crippen molar-refractivity contribution in [3.05, 3.63) is 36.8 Å². The minimum atomic E-state index is -0.949. The number of carboxylic acids is 1. The van der Waals surface area contributed by atoms with Crippen LogP contribution in [0.25, 0.3) is 0 Å². The lowest BCUT2D eigenvalue weighted by atomic mass is 10.1. The van der Waals surface area contributed by atoms with Crippen molar-refractivity contribution in [3.8, 4) is 0 Å². The first kappa shape index (κ1) is 14.0. The van der Waals surface area contributed by atoms with Gasteiger partial charge < -0.3 is 14.8 Å². The lowest BCUT2D eigenvalue weighted by Crippen LogP contribution is -2.37. The summed E-state index contributed by atoms with van der Waals surface area (Å²) >= 11 is 0. The van der Waals surface area contributed by atoms with E-state index in [0.717, 1.165) is 0 Å². The Bertz CT molecular complexity index is 397. The lowest BCUT2D eigenvalue weighted by molar-refractivity contribution is -0.137. The van der Waals surface area contributed by atoms with Crippen molar-refractivity contribution in [2.75, 3.05) is 0 Å². The number of carboxylic acid groups (broad SMARTS) is 1. The SMILES string of the molecule is C=CCCC(=O)N[C@H](CC(=O)O)Cc1ccco1. The molecule has 0 aliphatic rings. The van der Waals surface area contributed by atoms with Crippen LogP contribution in [0.2, 0.25) is 0 Å². The molecule has 0 spiro atoms. The summed E-state index contributed by atoms with van der Waals surface area (Å²) in [6.07, 6.45) is 4.31. The van der Waals surface area contributed by atoms with E-state index in [4.69, 9.17) is 9.52 Å². The Morgan fingerprint density at radius 3 is 2.89 bits per heavy atom. The van der Waals surface area contributed by atoms with Gasteiger partial charge in [0.05, 0.1) is 12.7 Å². The molecule has 5 heteroatoms. The van der Waals surface area contributed by atoms with Crippen LogP contribution >= 0.6 is 0 Å². The number of hydrogen-bond acceptors (Lipinski definition) is 3. The topological polar surface area (TPSA) is 79.5 Å². The highest BCUT2D eigenvalue weighted by Crippen LogP contribution is 2.07. The van der Waals surface area contributed by atoms with Crippen LogP contribution in [-0.4, -0.2) is 23.0 Å². The van der Waals surface area contributed by atoms with E-state index < -0.39 is 12.0 Å². The van der Waals surface area contributed by atoms with Crippen LogP contribution in [0.1, 0.15) is 25.0 Å². The third-order valence-electron chi connectivity index (χ3n) is 2.39. The van der Waals surface area contributed by atoms with E-state index in [-0.39, 0.29) is 12.3 Å². The second kappa shape index (κ2) is 7.32. The molecule has 1 atom stereocenters. The monoisotopic (exact) mass is 251 g/mol. The van der Waals surface area contributed by atoms with Gasteiger partial charge in [0, 0.05) is 18.9 Å². The van der Waals surface area contributed by atoms with Crippen LogP contribution in [0.15, 0.2) is 35.5 Å². The maximum Gasteiger partial charge on any atom is 0.305 e. The Morgan fingerprint density at radius 1 is 1.56 bits per heavy atom. The van der Waals surface area contributed by atoms with Crippen molar-refractivity contribution < 1.29 is 19.1 Å². The third-order valence-corrected chi connectivity index (χ3v) is 2.39. The van der Waals surface area contributed by atoms with Crippen molar-refractivity contribution >= 4 is 11.9 Å². The van der Waals surface area contributed by atoms with Gasteiger partial charge in [-0.15, -0.1) is 6.58 Å². The normalized spacial score (nSPS) is 11.8. The Morgan fingerprint density at radius 2 is 2.33 bits per heavy atom. The fraction of sp³-hybridized carbons (Fsp3) is 0.385. The first-order valence-electron chi connectivity index (χ1n) is 5.76. The maximum atomic E-state index is 11.5. The van der Waals surface area contributed by atoms with Crippen LogP contribution in [0.5, 0.6) is 0 Å². The molecule has 0 unspecified atom stereocenters. The first-order valence-corrected chi connectivity index (χ1v) is 5.76. The van der Waals surface area contributed by atoms with Crippen molar-refractivity contribution in [2.45, 2.75) is 31.7 Å². The molecule has 1 amide bonds. The Balaban J connectivity index is 2.52. The molecule has 1 aromatic rings. The van der Waals surface area contributed by atoms with E-state index >= 15 is 0 Å². The number of hydrogen-bond donors (Lipinski definition) is 2. The standard InChI is InChI=1S/C13H17NO4/c1-2-3-6-12(15)14-10(9-13(16)17)8-11-5-4-7-18-11/h2,4-5,7,10H,1,3,6,8-9H2,(H,14,15)(H,16,17)/t10-/m0/s1. The number of amides is 1. The molecule has 0 aliphatic carbocycles. The van der Waals surface area contributed by atoms with E-state index in [9.17, 15) is 9.59 Å². The van der Waals surface area contributed by atoms with Crippen LogP contribution in [0.3, 0.4) is 0 Å². The number of carbonyl (C=O) groups excluding carboxylic acids is 1. The van der Waals surface area contributed by atoms with E-state index in [1.165, 1.54) is 6.26 Å². The molecule has 0 fully saturated rings. The summed E-state index contributed by atoms with van der Waals surface area (Å²) in [5, 5.41) is 11.5.